The molecule has 110 valence electrons. The van der Waals surface area contributed by atoms with Crippen molar-refractivity contribution >= 4 is 28.7 Å². The second-order valence-electron chi connectivity index (χ2n) is 4.21. The predicted octanol–water partition coefficient (Wildman–Crippen LogP) is 4.13. The summed E-state index contributed by atoms with van der Waals surface area (Å²) in [6.07, 6.45) is 1.18. The maximum atomic E-state index is 11.1. The number of nitrogens with zero attached hydrogens (tertiary/aromatic N) is 3. The van der Waals surface area contributed by atoms with E-state index in [-0.39, 0.29) is 11.6 Å². The van der Waals surface area contributed by atoms with E-state index in [0.29, 0.717) is 17.1 Å². The molecule has 0 aliphatic rings. The van der Waals surface area contributed by atoms with Gasteiger partial charge in [0.05, 0.1) is 16.3 Å². The first-order valence-corrected chi connectivity index (χ1v) is 6.28. The Morgan fingerprint density at radius 3 is 2.00 bits per heavy atom. The Balaban J connectivity index is 2.05. The van der Waals surface area contributed by atoms with Crippen LogP contribution in [-0.2, 0) is 4.79 Å². The molecule has 2 aromatic rings. The van der Waals surface area contributed by atoms with Gasteiger partial charge in [0.2, 0.25) is 5.91 Å². The minimum atomic E-state index is -0.475. The van der Waals surface area contributed by atoms with E-state index in [1.165, 1.54) is 30.3 Å². The maximum Gasteiger partial charge on any atom is 0.269 e. The smallest absolute Gasteiger partial charge is 0.269 e. The van der Waals surface area contributed by atoms with Crippen molar-refractivity contribution in [3.63, 3.8) is 0 Å². The van der Waals surface area contributed by atoms with Gasteiger partial charge in [0.1, 0.15) is 0 Å². The van der Waals surface area contributed by atoms with Crippen LogP contribution in [-0.4, -0.2) is 10.8 Å². The van der Waals surface area contributed by atoms with Crippen molar-refractivity contribution in [1.82, 2.24) is 0 Å². The highest BCUT2D eigenvalue weighted by molar-refractivity contribution is 5.98. The van der Waals surface area contributed by atoms with E-state index < -0.39 is 4.92 Å². The lowest BCUT2D eigenvalue weighted by atomic mass is 10.3. The molecule has 1 N–H and O–H groups in total. The third kappa shape index (κ3) is 4.07. The minimum Gasteiger partial charge on any atom is -0.323 e. The van der Waals surface area contributed by atoms with E-state index in [2.05, 4.69) is 22.1 Å². The van der Waals surface area contributed by atoms with Gasteiger partial charge in [-0.15, -0.1) is 0 Å². The minimum absolute atomic E-state index is 0.00117. The van der Waals surface area contributed by atoms with Crippen molar-refractivity contribution in [3.05, 3.63) is 71.3 Å². The molecule has 0 spiro atoms. The van der Waals surface area contributed by atoms with Crippen LogP contribution < -0.4 is 5.32 Å². The molecule has 0 unspecified atom stereocenters. The zero-order chi connectivity index (χ0) is 15.9. The van der Waals surface area contributed by atoms with Crippen molar-refractivity contribution in [2.75, 3.05) is 5.32 Å². The molecule has 0 saturated heterocycles. The van der Waals surface area contributed by atoms with Gasteiger partial charge in [0, 0.05) is 17.8 Å². The molecule has 7 nitrogen and oxygen atoms in total. The van der Waals surface area contributed by atoms with Crippen LogP contribution in [0.4, 0.5) is 22.7 Å². The SMILES string of the molecule is C=CC(=O)Nc1ccc(/N=N/c2ccc([N+](=O)[O-])cc2)cc1. The lowest BCUT2D eigenvalue weighted by Gasteiger charge is -2.01. The molecule has 0 fully saturated rings. The van der Waals surface area contributed by atoms with Gasteiger partial charge in [-0.1, -0.05) is 6.58 Å². The topological polar surface area (TPSA) is 97.0 Å². The summed E-state index contributed by atoms with van der Waals surface area (Å²) < 4.78 is 0. The first-order chi connectivity index (χ1) is 10.6. The number of nitrogens with one attached hydrogen (secondary N) is 1. The summed E-state index contributed by atoms with van der Waals surface area (Å²) >= 11 is 0. The number of hydrogen-bond acceptors (Lipinski definition) is 5. The number of carbonyl (C=O) groups is 1. The molecule has 0 saturated carbocycles. The highest BCUT2D eigenvalue weighted by atomic mass is 16.6. The van der Waals surface area contributed by atoms with Crippen LogP contribution in [0.1, 0.15) is 0 Å². The Morgan fingerprint density at radius 1 is 1.05 bits per heavy atom. The summed E-state index contributed by atoms with van der Waals surface area (Å²) in [5.41, 5.74) is 1.73. The van der Waals surface area contributed by atoms with Crippen molar-refractivity contribution in [3.8, 4) is 0 Å². The summed E-state index contributed by atoms with van der Waals surface area (Å²) in [5, 5.41) is 21.1. The Kier molecular flexibility index (Phi) is 4.71. The number of carbonyl (C=O) groups excluding carboxylic acids is 1. The van der Waals surface area contributed by atoms with Gasteiger partial charge in [-0.2, -0.15) is 10.2 Å². The molecule has 0 aromatic heterocycles. The Morgan fingerprint density at radius 2 is 1.55 bits per heavy atom. The Labute approximate surface area is 126 Å². The van der Waals surface area contributed by atoms with Crippen LogP contribution in [0.5, 0.6) is 0 Å². The molecule has 0 bridgehead atoms. The number of nitro benzene ring substituents is 1. The van der Waals surface area contributed by atoms with E-state index in [1.807, 2.05) is 0 Å². The van der Waals surface area contributed by atoms with E-state index in [9.17, 15) is 14.9 Å². The molecule has 7 heteroatoms. The average molecular weight is 296 g/mol. The summed E-state index contributed by atoms with van der Waals surface area (Å²) in [5.74, 6) is -0.291. The Hall–Kier alpha value is -3.35. The van der Waals surface area contributed by atoms with E-state index >= 15 is 0 Å². The largest absolute Gasteiger partial charge is 0.323 e. The fourth-order valence-corrected chi connectivity index (χ4v) is 1.56. The quantitative estimate of drug-likeness (QED) is 0.388. The molecule has 0 atom stereocenters. The van der Waals surface area contributed by atoms with Crippen LogP contribution in [0, 0.1) is 10.1 Å². The van der Waals surface area contributed by atoms with Crippen molar-refractivity contribution < 1.29 is 9.72 Å². The highest BCUT2D eigenvalue weighted by Gasteiger charge is 2.03. The molecule has 0 aliphatic heterocycles. The number of azo groups is 1. The second-order valence-corrected chi connectivity index (χ2v) is 4.21. The van der Waals surface area contributed by atoms with Crippen LogP contribution in [0.25, 0.3) is 0 Å². The molecule has 0 radical (unpaired) electrons. The Bertz CT molecular complexity index is 721. The van der Waals surface area contributed by atoms with Gasteiger partial charge in [0.15, 0.2) is 0 Å². The highest BCUT2D eigenvalue weighted by Crippen LogP contribution is 2.22. The molecule has 22 heavy (non-hydrogen) atoms. The third-order valence-corrected chi connectivity index (χ3v) is 2.66. The number of hydrogen-bond donors (Lipinski definition) is 1. The molecule has 0 heterocycles. The van der Waals surface area contributed by atoms with Gasteiger partial charge < -0.3 is 5.32 Å². The molecular formula is C15H12N4O3. The van der Waals surface area contributed by atoms with Crippen molar-refractivity contribution in [2.45, 2.75) is 0 Å². The number of rotatable bonds is 5. The van der Waals surface area contributed by atoms with Crippen molar-refractivity contribution in [1.29, 1.82) is 0 Å². The zero-order valence-corrected chi connectivity index (χ0v) is 11.5. The van der Waals surface area contributed by atoms with Gasteiger partial charge in [-0.3, -0.25) is 14.9 Å². The van der Waals surface area contributed by atoms with E-state index in [1.54, 1.807) is 24.3 Å². The van der Waals surface area contributed by atoms with Crippen LogP contribution >= 0.6 is 0 Å². The van der Waals surface area contributed by atoms with E-state index in [4.69, 9.17) is 0 Å². The number of amides is 1. The average Bonchev–Trinajstić information content (AvgIpc) is 2.54. The summed E-state index contributed by atoms with van der Waals surface area (Å²) in [4.78, 5) is 21.2. The first kappa shape index (κ1) is 15.0. The molecular weight excluding hydrogens is 284 g/mol. The normalized spacial score (nSPS) is 10.4. The fourth-order valence-electron chi connectivity index (χ4n) is 1.56. The second kappa shape index (κ2) is 6.89. The maximum absolute atomic E-state index is 11.1. The molecule has 2 aromatic carbocycles. The number of anilines is 1. The molecule has 1 amide bonds. The van der Waals surface area contributed by atoms with Gasteiger partial charge >= 0.3 is 0 Å². The van der Waals surface area contributed by atoms with Crippen LogP contribution in [0.2, 0.25) is 0 Å². The van der Waals surface area contributed by atoms with Gasteiger partial charge in [-0.25, -0.2) is 0 Å². The van der Waals surface area contributed by atoms with Crippen LogP contribution in [0.15, 0.2) is 71.4 Å². The standard InChI is InChI=1S/C15H12N4O3/c1-2-15(20)16-11-3-5-12(6-4-11)17-18-13-7-9-14(10-8-13)19(21)22/h2-10H,1H2,(H,16,20)/b18-17+. The monoisotopic (exact) mass is 296 g/mol. The number of nitro groups is 1. The van der Waals surface area contributed by atoms with Gasteiger partial charge in [0.25, 0.3) is 5.69 Å². The summed E-state index contributed by atoms with van der Waals surface area (Å²) in [6, 6.07) is 12.5. The zero-order valence-electron chi connectivity index (χ0n) is 11.5. The number of non-ortho nitro benzene ring substituents is 1. The summed E-state index contributed by atoms with van der Waals surface area (Å²) in [6.45, 7) is 3.37. The molecule has 2 rings (SSSR count). The third-order valence-electron chi connectivity index (χ3n) is 2.66. The lowest BCUT2D eigenvalue weighted by Crippen LogP contribution is -2.06. The van der Waals surface area contributed by atoms with Gasteiger partial charge in [-0.05, 0) is 42.5 Å². The van der Waals surface area contributed by atoms with Crippen LogP contribution in [0.3, 0.4) is 0 Å². The fraction of sp³-hybridized carbons (Fsp3) is 0. The number of benzene rings is 2. The summed E-state index contributed by atoms with van der Waals surface area (Å²) in [7, 11) is 0. The predicted molar refractivity (Wildman–Crippen MR) is 82.5 cm³/mol. The van der Waals surface area contributed by atoms with E-state index in [0.717, 1.165) is 0 Å². The first-order valence-electron chi connectivity index (χ1n) is 6.28. The lowest BCUT2D eigenvalue weighted by molar-refractivity contribution is -0.384. The van der Waals surface area contributed by atoms with Crippen molar-refractivity contribution in [2.24, 2.45) is 10.2 Å². The molecule has 0 aliphatic carbocycles.